The maximum Gasteiger partial charge on any atom is 0.326 e. The second kappa shape index (κ2) is 27.0. The maximum absolute atomic E-state index is 13.2. The summed E-state index contributed by atoms with van der Waals surface area (Å²) < 4.78 is 4.65. The number of aryl methyl sites for hydroxylation is 5. The molecule has 3 aliphatic rings. The number of carbonyl (C=O) groups excluding carboxylic acids is 3. The van der Waals surface area contributed by atoms with Crippen LogP contribution in [0.15, 0.2) is 205 Å². The smallest absolute Gasteiger partial charge is 0.324 e. The van der Waals surface area contributed by atoms with Crippen molar-refractivity contribution in [3.8, 4) is 0 Å². The molecule has 15 rings (SSSR count). The van der Waals surface area contributed by atoms with Crippen molar-refractivity contribution in [2.45, 2.75) is 51.2 Å². The fourth-order valence-corrected chi connectivity index (χ4v) is 13.2. The van der Waals surface area contributed by atoms with E-state index in [1.807, 2.05) is 129 Å². The highest BCUT2D eigenvalue weighted by Gasteiger charge is 2.31. The number of aromatic nitrogens is 6. The van der Waals surface area contributed by atoms with Gasteiger partial charge in [0.05, 0.1) is 67.3 Å². The van der Waals surface area contributed by atoms with Crippen LogP contribution < -0.4 is 33.0 Å². The average molecular weight is 1390 g/mol. The highest BCUT2D eigenvalue weighted by molar-refractivity contribution is 6.34. The van der Waals surface area contributed by atoms with Crippen molar-refractivity contribution in [3.63, 3.8) is 0 Å². The van der Waals surface area contributed by atoms with Crippen LogP contribution in [0.25, 0.3) is 33.1 Å². The number of nitrogens with zero attached hydrogens (tertiary/aromatic N) is 6. The summed E-state index contributed by atoms with van der Waals surface area (Å²) in [5, 5.41) is 11.8. The van der Waals surface area contributed by atoms with Crippen molar-refractivity contribution in [2.75, 3.05) is 16.0 Å². The van der Waals surface area contributed by atoms with Gasteiger partial charge in [0.2, 0.25) is 17.7 Å². The molecule has 0 saturated carbocycles. The third-order valence-electron chi connectivity index (χ3n) is 17.3. The Labute approximate surface area is 579 Å². The molecule has 9 aromatic carbocycles. The molecule has 3 aliphatic heterocycles. The first-order valence-corrected chi connectivity index (χ1v) is 32.7. The molecule has 3 amide bonds. The molecular weight excluding hydrogens is 1330 g/mol. The summed E-state index contributed by atoms with van der Waals surface area (Å²) in [6.07, 6.45) is 1.17. The van der Waals surface area contributed by atoms with E-state index < -0.39 is 18.1 Å². The molecule has 97 heavy (non-hydrogen) atoms. The van der Waals surface area contributed by atoms with Crippen LogP contribution in [0.1, 0.15) is 61.2 Å². The molecule has 0 spiro atoms. The van der Waals surface area contributed by atoms with Gasteiger partial charge < -0.3 is 30.9 Å². The van der Waals surface area contributed by atoms with Gasteiger partial charge in [-0.05, 0) is 133 Å². The second-order valence-electron chi connectivity index (χ2n) is 23.9. The summed E-state index contributed by atoms with van der Waals surface area (Å²) in [4.78, 5) is 98.7. The van der Waals surface area contributed by atoms with E-state index >= 15 is 0 Å². The lowest BCUT2D eigenvalue weighted by atomic mass is 9.99. The van der Waals surface area contributed by atoms with Crippen LogP contribution in [0.3, 0.4) is 0 Å². The molecule has 486 valence electrons. The minimum Gasteiger partial charge on any atom is -0.324 e. The molecule has 0 radical (unpaired) electrons. The zero-order valence-electron chi connectivity index (χ0n) is 52.6. The minimum absolute atomic E-state index is 0.167. The predicted molar refractivity (Wildman–Crippen MR) is 389 cm³/mol. The number of fused-ring (bicyclic) bond motifs is 6. The van der Waals surface area contributed by atoms with Gasteiger partial charge in [0.25, 0.3) is 0 Å². The highest BCUT2D eigenvalue weighted by Crippen LogP contribution is 2.34. The number of benzodiazepines with no additional fused rings is 3. The van der Waals surface area contributed by atoms with Gasteiger partial charge in [-0.1, -0.05) is 142 Å². The summed E-state index contributed by atoms with van der Waals surface area (Å²) in [6, 6.07) is 52.1. The van der Waals surface area contributed by atoms with E-state index in [2.05, 4.69) is 37.0 Å². The van der Waals surface area contributed by atoms with Gasteiger partial charge in [-0.15, -0.1) is 0 Å². The molecule has 3 atom stereocenters. The SMILES string of the molecule is Cc1cccc(CC2N=C(c3ccc4c(c3)[nH]c(=O)n4C)c3cc(Cl)ccc3NC2=O)c1.Cc1cccc(CC2N=C(c3ccc4c(c3)[nH]c(=O)n4C)c3cc(Cl)ccc3NC2=O)c1Cl.Cn1c(=O)[nH]c2cc(C3=NC(Cc4ccccc4Cl)C(=O)Nc4ccc(Cl)cc43)ccc21. The lowest BCUT2D eigenvalue weighted by Gasteiger charge is -2.13. The van der Waals surface area contributed by atoms with Gasteiger partial charge in [0.1, 0.15) is 18.1 Å². The first-order valence-electron chi connectivity index (χ1n) is 30.8. The van der Waals surface area contributed by atoms with Crippen molar-refractivity contribution in [1.82, 2.24) is 28.7 Å². The van der Waals surface area contributed by atoms with E-state index in [-0.39, 0.29) is 34.8 Å². The Balaban J connectivity index is 0.000000131. The molecule has 23 heteroatoms. The van der Waals surface area contributed by atoms with E-state index in [1.165, 1.54) is 0 Å². The second-order valence-corrected chi connectivity index (χ2v) is 26.0. The zero-order chi connectivity index (χ0) is 68.1. The molecule has 6 N–H and O–H groups in total. The zero-order valence-corrected chi connectivity index (χ0v) is 56.4. The number of hydrogen-bond acceptors (Lipinski definition) is 9. The number of imidazole rings is 3. The number of hydrogen-bond donors (Lipinski definition) is 6. The van der Waals surface area contributed by atoms with Crippen LogP contribution >= 0.6 is 58.0 Å². The highest BCUT2D eigenvalue weighted by atomic mass is 35.5. The Hall–Kier alpha value is -10.3. The van der Waals surface area contributed by atoms with Gasteiger partial charge in [-0.25, -0.2) is 14.4 Å². The molecule has 3 unspecified atom stereocenters. The molecule has 0 saturated heterocycles. The molecule has 0 bridgehead atoms. The lowest BCUT2D eigenvalue weighted by molar-refractivity contribution is -0.118. The Morgan fingerprint density at radius 1 is 0.392 bits per heavy atom. The molecular formula is C74H59Cl5N12O6. The largest absolute Gasteiger partial charge is 0.326 e. The molecule has 6 heterocycles. The van der Waals surface area contributed by atoms with Crippen molar-refractivity contribution < 1.29 is 14.4 Å². The van der Waals surface area contributed by atoms with Gasteiger partial charge in [-0.2, -0.15) is 0 Å². The van der Waals surface area contributed by atoms with E-state index in [1.54, 1.807) is 89.4 Å². The van der Waals surface area contributed by atoms with Crippen molar-refractivity contribution in [2.24, 2.45) is 36.1 Å². The summed E-state index contributed by atoms with van der Waals surface area (Å²) in [7, 11) is 5.14. The fourth-order valence-electron chi connectivity index (χ4n) is 12.2. The van der Waals surface area contributed by atoms with E-state index in [0.717, 1.165) is 66.6 Å². The predicted octanol–water partition coefficient (Wildman–Crippen LogP) is 13.7. The first-order chi connectivity index (χ1) is 46.6. The monoisotopic (exact) mass is 1390 g/mol. The fraction of sp³-hybridized carbons (Fsp3) is 0.149. The number of aliphatic imine (C=N–C) groups is 3. The number of halogens is 5. The number of H-pyrrole nitrogens is 3. The van der Waals surface area contributed by atoms with Crippen LogP contribution in [0.2, 0.25) is 25.1 Å². The number of aromatic amines is 3. The number of amides is 3. The summed E-state index contributed by atoms with van der Waals surface area (Å²) >= 11 is 31.8. The molecule has 18 nitrogen and oxygen atoms in total. The Bertz CT molecular complexity index is 5520. The van der Waals surface area contributed by atoms with Gasteiger partial charge >= 0.3 is 17.1 Å². The lowest BCUT2D eigenvalue weighted by Crippen LogP contribution is -2.27. The van der Waals surface area contributed by atoms with Crippen LogP contribution in [0.4, 0.5) is 17.1 Å². The third-order valence-corrected chi connectivity index (χ3v) is 19.0. The van der Waals surface area contributed by atoms with E-state index in [0.29, 0.717) is 106 Å². The normalized spacial score (nSPS) is 15.8. The molecule has 12 aromatic rings. The third kappa shape index (κ3) is 13.5. The molecule has 0 aliphatic carbocycles. The van der Waals surface area contributed by atoms with E-state index in [4.69, 9.17) is 73.0 Å². The van der Waals surface area contributed by atoms with Crippen LogP contribution in [-0.2, 0) is 54.8 Å². The molecule has 0 fully saturated rings. The Kier molecular flexibility index (Phi) is 18.2. The van der Waals surface area contributed by atoms with Crippen molar-refractivity contribution in [3.05, 3.63) is 294 Å². The maximum atomic E-state index is 13.2. The summed E-state index contributed by atoms with van der Waals surface area (Å²) in [5.41, 5.74) is 17.0. The van der Waals surface area contributed by atoms with Gasteiger partial charge in [0.15, 0.2) is 0 Å². The first kappa shape index (κ1) is 65.3. The topological polar surface area (TPSA) is 238 Å². The minimum atomic E-state index is -0.698. The van der Waals surface area contributed by atoms with Crippen molar-refractivity contribution in [1.29, 1.82) is 0 Å². The Morgan fingerprint density at radius 3 is 1.19 bits per heavy atom. The number of carbonyl (C=O) groups is 3. The number of benzene rings is 9. The standard InChI is InChI=1S/C25H20Cl2N4O2.C25H21ClN4O2.C24H18Cl2N4O2/c1-13-4-3-5-14(22(13)27)10-20-24(32)29-18-8-7-16(26)12-17(18)23(28-20)15-6-9-21-19(11-15)30-25(33)31(21)2;1-14-4-3-5-15(10-14)11-21-24(31)28-19-8-7-17(26)13-18(19)23(27-21)16-6-9-22-20(12-16)29-25(32)30(22)2;1-30-21-9-6-14(11-19(21)29-24(30)32)22-16-12-15(25)7-8-18(16)28-23(31)20(27-22)10-13-4-2-3-5-17(13)26/h3-9,11-12,20H,10H2,1-2H3,(H,29,32)(H,30,33);3-10,12-13,21H,11H2,1-2H3,(H,28,31)(H,29,32);2-9,11-12,20H,10H2,1H3,(H,28,31)(H,29,32). The quantitative estimate of drug-likeness (QED) is 0.0821. The Morgan fingerprint density at radius 2 is 0.773 bits per heavy atom. The van der Waals surface area contributed by atoms with Crippen LogP contribution in [0.5, 0.6) is 0 Å². The van der Waals surface area contributed by atoms with E-state index in [9.17, 15) is 28.8 Å². The van der Waals surface area contributed by atoms with Gasteiger partial charge in [-0.3, -0.25) is 43.1 Å². The summed E-state index contributed by atoms with van der Waals surface area (Å²) in [5.74, 6) is -0.614. The number of nitrogens with one attached hydrogen (secondary N) is 6. The van der Waals surface area contributed by atoms with Gasteiger partial charge in [0, 0.05) is 98.9 Å². The summed E-state index contributed by atoms with van der Waals surface area (Å²) in [6.45, 7) is 3.96. The number of anilines is 3. The van der Waals surface area contributed by atoms with Crippen LogP contribution in [-0.4, -0.2) is 81.6 Å². The average Bonchev–Trinajstić information content (AvgIpc) is 1.66. The number of rotatable bonds is 9. The molecule has 3 aromatic heterocycles. The van der Waals surface area contributed by atoms with Crippen molar-refractivity contribution >= 4 is 143 Å². The van der Waals surface area contributed by atoms with Crippen LogP contribution in [0, 0.1) is 13.8 Å².